The van der Waals surface area contributed by atoms with Crippen molar-refractivity contribution in [2.45, 2.75) is 70.9 Å². The fourth-order valence-corrected chi connectivity index (χ4v) is 4.51. The van der Waals surface area contributed by atoms with Crippen molar-refractivity contribution in [2.75, 3.05) is 43.7 Å². The van der Waals surface area contributed by atoms with E-state index in [1.54, 1.807) is 12.4 Å². The SMILES string of the molecule is CCOc1ncc(Nc2cc([C@H](CC)CC(=O)OC)ccc2N(CC(C)(C)O)C2CCOCC2)cn1. The number of aliphatic hydroxyl groups is 1. The van der Waals surface area contributed by atoms with E-state index in [1.165, 1.54) is 7.11 Å². The van der Waals surface area contributed by atoms with Crippen LogP contribution in [0, 0.1) is 0 Å². The van der Waals surface area contributed by atoms with Gasteiger partial charge in [0.15, 0.2) is 0 Å². The minimum Gasteiger partial charge on any atom is -0.469 e. The van der Waals surface area contributed by atoms with Gasteiger partial charge in [-0.15, -0.1) is 0 Å². The van der Waals surface area contributed by atoms with Crippen LogP contribution in [0.5, 0.6) is 6.01 Å². The first-order valence-corrected chi connectivity index (χ1v) is 12.7. The lowest BCUT2D eigenvalue weighted by molar-refractivity contribution is -0.141. The lowest BCUT2D eigenvalue weighted by Gasteiger charge is -2.40. The van der Waals surface area contributed by atoms with Crippen molar-refractivity contribution in [1.29, 1.82) is 0 Å². The number of methoxy groups -OCH3 is 1. The zero-order valence-electron chi connectivity index (χ0n) is 22.1. The summed E-state index contributed by atoms with van der Waals surface area (Å²) in [6.07, 6.45) is 6.25. The van der Waals surface area contributed by atoms with Crippen molar-refractivity contribution >= 4 is 23.0 Å². The molecule has 36 heavy (non-hydrogen) atoms. The average Bonchev–Trinajstić information content (AvgIpc) is 2.87. The smallest absolute Gasteiger partial charge is 0.316 e. The van der Waals surface area contributed by atoms with Crippen molar-refractivity contribution in [3.8, 4) is 6.01 Å². The third-order valence-electron chi connectivity index (χ3n) is 6.30. The van der Waals surface area contributed by atoms with Gasteiger partial charge in [-0.3, -0.25) is 4.79 Å². The quantitative estimate of drug-likeness (QED) is 0.409. The third-order valence-corrected chi connectivity index (χ3v) is 6.30. The van der Waals surface area contributed by atoms with E-state index in [2.05, 4.69) is 45.3 Å². The molecule has 2 heterocycles. The van der Waals surface area contributed by atoms with Crippen molar-refractivity contribution in [3.63, 3.8) is 0 Å². The Morgan fingerprint density at radius 1 is 1.25 bits per heavy atom. The van der Waals surface area contributed by atoms with E-state index in [-0.39, 0.29) is 17.9 Å². The van der Waals surface area contributed by atoms with E-state index >= 15 is 0 Å². The van der Waals surface area contributed by atoms with Crippen LogP contribution in [-0.2, 0) is 14.3 Å². The Balaban J connectivity index is 2.03. The summed E-state index contributed by atoms with van der Waals surface area (Å²) in [5.74, 6) is -0.208. The van der Waals surface area contributed by atoms with E-state index in [9.17, 15) is 9.90 Å². The van der Waals surface area contributed by atoms with Crippen LogP contribution >= 0.6 is 0 Å². The maximum atomic E-state index is 12.0. The van der Waals surface area contributed by atoms with Crippen LogP contribution in [0.15, 0.2) is 30.6 Å². The molecule has 0 bridgehead atoms. The number of ether oxygens (including phenoxy) is 3. The molecular formula is C27H40N4O5. The molecule has 1 aromatic carbocycles. The lowest BCUT2D eigenvalue weighted by Crippen LogP contribution is -2.47. The summed E-state index contributed by atoms with van der Waals surface area (Å²) < 4.78 is 15.9. The van der Waals surface area contributed by atoms with Gasteiger partial charge in [0.25, 0.3) is 0 Å². The largest absolute Gasteiger partial charge is 0.469 e. The molecule has 1 aromatic heterocycles. The highest BCUT2D eigenvalue weighted by molar-refractivity contribution is 5.77. The van der Waals surface area contributed by atoms with Gasteiger partial charge in [-0.25, -0.2) is 9.97 Å². The molecule has 198 valence electrons. The van der Waals surface area contributed by atoms with E-state index < -0.39 is 5.60 Å². The Labute approximate surface area is 214 Å². The van der Waals surface area contributed by atoms with Gasteiger partial charge < -0.3 is 29.5 Å². The number of carbonyl (C=O) groups is 1. The number of rotatable bonds is 12. The maximum Gasteiger partial charge on any atom is 0.316 e. The van der Waals surface area contributed by atoms with E-state index in [0.717, 1.165) is 36.2 Å². The molecule has 1 aliphatic rings. The zero-order valence-corrected chi connectivity index (χ0v) is 22.1. The zero-order chi connectivity index (χ0) is 26.1. The molecule has 2 N–H and O–H groups in total. The fourth-order valence-electron chi connectivity index (χ4n) is 4.51. The Hall–Kier alpha value is -2.91. The second kappa shape index (κ2) is 12.9. The number of aromatic nitrogens is 2. The van der Waals surface area contributed by atoms with Gasteiger partial charge in [0, 0.05) is 25.8 Å². The number of carbonyl (C=O) groups excluding carboxylic acids is 1. The van der Waals surface area contributed by atoms with Gasteiger partial charge in [-0.2, -0.15) is 0 Å². The number of nitrogens with one attached hydrogen (secondary N) is 1. The normalized spacial score (nSPS) is 15.3. The molecule has 3 rings (SSSR count). The fraction of sp³-hybridized carbons (Fsp3) is 0.593. The topological polar surface area (TPSA) is 106 Å². The Morgan fingerprint density at radius 2 is 1.94 bits per heavy atom. The van der Waals surface area contributed by atoms with E-state index in [0.29, 0.717) is 44.5 Å². The van der Waals surface area contributed by atoms with Crippen LogP contribution in [0.25, 0.3) is 0 Å². The van der Waals surface area contributed by atoms with Gasteiger partial charge >= 0.3 is 12.0 Å². The number of benzene rings is 1. The molecule has 0 radical (unpaired) electrons. The van der Waals surface area contributed by atoms with Crippen LogP contribution in [0.2, 0.25) is 0 Å². The number of esters is 1. The first-order chi connectivity index (χ1) is 17.2. The standard InChI is InChI=1S/C27H40N4O5/c1-6-19(15-25(32)34-5)20-8-9-24(31(18-27(3,4)33)22-10-12-35-13-11-22)23(14-20)30-21-16-28-26(29-17-21)36-7-2/h8-9,14,16-17,19,22,30,33H,6-7,10-13,15,18H2,1-5H3/t19-/m1/s1. The van der Waals surface area contributed by atoms with Crippen LogP contribution < -0.4 is 15.0 Å². The molecule has 9 nitrogen and oxygen atoms in total. The highest BCUT2D eigenvalue weighted by Gasteiger charge is 2.29. The summed E-state index contributed by atoms with van der Waals surface area (Å²) >= 11 is 0. The highest BCUT2D eigenvalue weighted by Crippen LogP contribution is 2.37. The summed E-state index contributed by atoms with van der Waals surface area (Å²) in [6.45, 7) is 9.95. The molecule has 1 saturated heterocycles. The Bertz CT molecular complexity index is 971. The molecule has 0 amide bonds. The number of anilines is 3. The lowest BCUT2D eigenvalue weighted by atomic mass is 9.92. The predicted octanol–water partition coefficient (Wildman–Crippen LogP) is 4.43. The molecule has 1 atom stereocenters. The average molecular weight is 501 g/mol. The monoisotopic (exact) mass is 500 g/mol. The summed E-state index contributed by atoms with van der Waals surface area (Å²) in [7, 11) is 1.42. The third kappa shape index (κ3) is 7.80. The molecule has 1 aliphatic heterocycles. The molecule has 2 aromatic rings. The molecular weight excluding hydrogens is 460 g/mol. The van der Waals surface area contributed by atoms with E-state index in [4.69, 9.17) is 14.2 Å². The number of hydrogen-bond acceptors (Lipinski definition) is 9. The van der Waals surface area contributed by atoms with Gasteiger partial charge in [-0.1, -0.05) is 13.0 Å². The molecule has 9 heteroatoms. The summed E-state index contributed by atoms with van der Waals surface area (Å²) in [4.78, 5) is 22.9. The van der Waals surface area contributed by atoms with Crippen LogP contribution in [-0.4, -0.2) is 66.2 Å². The minimum atomic E-state index is -0.896. The van der Waals surface area contributed by atoms with Gasteiger partial charge in [0.1, 0.15) is 0 Å². The summed E-state index contributed by atoms with van der Waals surface area (Å²) in [6, 6.07) is 6.79. The minimum absolute atomic E-state index is 0.0226. The van der Waals surface area contributed by atoms with E-state index in [1.807, 2.05) is 20.8 Å². The van der Waals surface area contributed by atoms with Crippen LogP contribution in [0.1, 0.15) is 64.9 Å². The van der Waals surface area contributed by atoms with Crippen molar-refractivity contribution < 1.29 is 24.1 Å². The number of nitrogens with zero attached hydrogens (tertiary/aromatic N) is 3. The van der Waals surface area contributed by atoms with Crippen LogP contribution in [0.3, 0.4) is 0 Å². The maximum absolute atomic E-state index is 12.0. The Kier molecular flexibility index (Phi) is 9.89. The van der Waals surface area contributed by atoms with Crippen molar-refractivity contribution in [2.24, 2.45) is 0 Å². The van der Waals surface area contributed by atoms with Gasteiger partial charge in [-0.05, 0) is 63.6 Å². The van der Waals surface area contributed by atoms with Crippen molar-refractivity contribution in [1.82, 2.24) is 9.97 Å². The van der Waals surface area contributed by atoms with Gasteiger partial charge in [0.05, 0.1) is 55.2 Å². The molecule has 0 unspecified atom stereocenters. The second-order valence-electron chi connectivity index (χ2n) is 9.76. The molecule has 0 spiro atoms. The summed E-state index contributed by atoms with van der Waals surface area (Å²) in [5, 5.41) is 14.3. The number of hydrogen-bond donors (Lipinski definition) is 2. The molecule has 0 aliphatic carbocycles. The predicted molar refractivity (Wildman–Crippen MR) is 140 cm³/mol. The first-order valence-electron chi connectivity index (χ1n) is 12.7. The second-order valence-corrected chi connectivity index (χ2v) is 9.76. The molecule has 1 fully saturated rings. The van der Waals surface area contributed by atoms with Crippen molar-refractivity contribution in [3.05, 3.63) is 36.2 Å². The first kappa shape index (κ1) is 27.7. The summed E-state index contributed by atoms with van der Waals surface area (Å²) in [5.41, 5.74) is 2.69. The van der Waals surface area contributed by atoms with Gasteiger partial charge in [0.2, 0.25) is 0 Å². The van der Waals surface area contributed by atoms with Crippen LogP contribution in [0.4, 0.5) is 17.1 Å². The molecule has 0 saturated carbocycles. The highest BCUT2D eigenvalue weighted by atomic mass is 16.5. The Morgan fingerprint density at radius 3 is 2.53 bits per heavy atom.